The molecule has 0 bridgehead atoms. The molecule has 0 aromatic heterocycles. The van der Waals surface area contributed by atoms with Crippen LogP contribution in [0.5, 0.6) is 11.5 Å². The molecule has 17 heteroatoms. The number of hydrogen-bond donors (Lipinski definition) is 1. The number of likely N-dealkylation sites (tertiary alicyclic amines) is 2. The first-order valence-electron chi connectivity index (χ1n) is 16.7. The van der Waals surface area contributed by atoms with Crippen LogP contribution in [0, 0.1) is 0 Å². The molecule has 2 fully saturated rings. The van der Waals surface area contributed by atoms with Crippen LogP contribution in [0.2, 0.25) is 5.02 Å². The molecule has 3 aromatic rings. The van der Waals surface area contributed by atoms with Crippen molar-refractivity contribution in [3.05, 3.63) is 82.4 Å². The summed E-state index contributed by atoms with van der Waals surface area (Å²) in [5.74, 6) is -2.74. The second-order valence-electron chi connectivity index (χ2n) is 13.0. The number of likely N-dealkylation sites (N-methyl/N-ethyl adjacent to an activating group) is 1. The lowest BCUT2D eigenvalue weighted by Gasteiger charge is -2.42. The molecule has 12 nitrogen and oxygen atoms in total. The Morgan fingerprint density at radius 1 is 0.943 bits per heavy atom. The predicted molar refractivity (Wildman–Crippen MR) is 190 cm³/mol. The highest BCUT2D eigenvalue weighted by Crippen LogP contribution is 2.55. The van der Waals surface area contributed by atoms with Crippen LogP contribution in [0.15, 0.2) is 65.6 Å². The third-order valence-corrected chi connectivity index (χ3v) is 11.5. The van der Waals surface area contributed by atoms with Crippen LogP contribution in [0.1, 0.15) is 42.4 Å². The topological polar surface area (TPSA) is 137 Å². The molecule has 0 spiro atoms. The number of carboxylic acid groups (broad SMARTS) is 1. The molecule has 6 rings (SSSR count). The number of ether oxygens (including phenoxy) is 2. The fraction of sp³-hybridized carbons (Fsp3) is 0.417. The monoisotopic (exact) mass is 780 g/mol. The van der Waals surface area contributed by atoms with Gasteiger partial charge >= 0.3 is 12.1 Å². The van der Waals surface area contributed by atoms with Crippen LogP contribution in [0.4, 0.5) is 18.9 Å². The van der Waals surface area contributed by atoms with Crippen molar-refractivity contribution >= 4 is 45.1 Å². The normalized spacial score (nSPS) is 20.5. The Bertz CT molecular complexity index is 1970. The van der Waals surface area contributed by atoms with Crippen molar-refractivity contribution in [1.82, 2.24) is 14.7 Å². The van der Waals surface area contributed by atoms with Crippen molar-refractivity contribution in [2.24, 2.45) is 0 Å². The van der Waals surface area contributed by atoms with Gasteiger partial charge in [-0.05, 0) is 98.9 Å². The minimum absolute atomic E-state index is 0.0737. The van der Waals surface area contributed by atoms with Gasteiger partial charge < -0.3 is 19.5 Å². The lowest BCUT2D eigenvalue weighted by Crippen LogP contribution is -2.59. The summed E-state index contributed by atoms with van der Waals surface area (Å²) >= 11 is 6.65. The van der Waals surface area contributed by atoms with Crippen molar-refractivity contribution in [3.8, 4) is 11.5 Å². The van der Waals surface area contributed by atoms with Crippen LogP contribution in [0.25, 0.3) is 0 Å². The molecule has 1 unspecified atom stereocenters. The molecule has 3 aliphatic rings. The van der Waals surface area contributed by atoms with Crippen LogP contribution in [-0.4, -0.2) is 106 Å². The summed E-state index contributed by atoms with van der Waals surface area (Å²) in [4.78, 5) is 43.7. The number of nitrogens with zero attached hydrogens (tertiary/aromatic N) is 4. The number of anilines is 1. The lowest BCUT2D eigenvalue weighted by molar-refractivity contribution is -0.192. The average molecular weight is 781 g/mol. The zero-order chi connectivity index (χ0) is 38.9. The van der Waals surface area contributed by atoms with Gasteiger partial charge in [0.1, 0.15) is 11.5 Å². The first-order chi connectivity index (χ1) is 25.0. The number of alkyl halides is 3. The minimum atomic E-state index is -5.08. The number of fused-ring (bicyclic) bond motifs is 1. The van der Waals surface area contributed by atoms with Crippen molar-refractivity contribution in [3.63, 3.8) is 0 Å². The summed E-state index contributed by atoms with van der Waals surface area (Å²) in [5.41, 5.74) is 0.266. The predicted octanol–water partition coefficient (Wildman–Crippen LogP) is 5.12. The van der Waals surface area contributed by atoms with E-state index in [-0.39, 0.29) is 16.5 Å². The molecule has 0 saturated carbocycles. The zero-order valence-electron chi connectivity index (χ0n) is 29.5. The Hall–Kier alpha value is -4.38. The first kappa shape index (κ1) is 39.8. The van der Waals surface area contributed by atoms with Crippen molar-refractivity contribution < 1.29 is 50.6 Å². The van der Waals surface area contributed by atoms with Gasteiger partial charge in [0, 0.05) is 43.3 Å². The van der Waals surface area contributed by atoms with E-state index in [0.29, 0.717) is 53.6 Å². The van der Waals surface area contributed by atoms with E-state index in [4.69, 9.17) is 31.0 Å². The second kappa shape index (κ2) is 15.5. The van der Waals surface area contributed by atoms with Crippen LogP contribution in [-0.2, 0) is 36.5 Å². The molecule has 3 aromatic carbocycles. The van der Waals surface area contributed by atoms with Gasteiger partial charge in [0.15, 0.2) is 5.54 Å². The summed E-state index contributed by atoms with van der Waals surface area (Å²) in [7, 11) is 1.96. The maximum Gasteiger partial charge on any atom is 0.490 e. The molecular weight excluding hydrogens is 741 g/mol. The van der Waals surface area contributed by atoms with E-state index >= 15 is 4.79 Å². The summed E-state index contributed by atoms with van der Waals surface area (Å²) < 4.78 is 72.8. The van der Waals surface area contributed by atoms with E-state index in [0.717, 1.165) is 35.8 Å². The Morgan fingerprint density at radius 2 is 1.58 bits per heavy atom. The highest BCUT2D eigenvalue weighted by atomic mass is 35.5. The van der Waals surface area contributed by atoms with E-state index in [1.54, 1.807) is 44.4 Å². The number of benzene rings is 3. The van der Waals surface area contributed by atoms with Gasteiger partial charge in [0.05, 0.1) is 30.8 Å². The van der Waals surface area contributed by atoms with Crippen molar-refractivity contribution in [2.45, 2.75) is 54.9 Å². The molecule has 2 amide bonds. The number of halogens is 4. The molecule has 0 aliphatic carbocycles. The number of methoxy groups -OCH3 is 2. The van der Waals surface area contributed by atoms with Gasteiger partial charge in [0.25, 0.3) is 15.9 Å². The van der Waals surface area contributed by atoms with Crippen LogP contribution >= 0.6 is 11.6 Å². The SMILES string of the molecule is COc1ccc(S(=O)(=O)N2C(=O)[C@](c3cc(CN4CCCC4)ccc3OC)(N3CCCC3C(=O)N(C)C)c3cc(Cl)ccc32)cc1.O=C(O)C(F)(F)F. The molecule has 53 heavy (non-hydrogen) atoms. The Morgan fingerprint density at radius 3 is 2.15 bits per heavy atom. The van der Waals surface area contributed by atoms with E-state index < -0.39 is 39.7 Å². The molecule has 3 aliphatic heterocycles. The molecule has 3 heterocycles. The van der Waals surface area contributed by atoms with E-state index in [2.05, 4.69) is 4.90 Å². The van der Waals surface area contributed by atoms with Gasteiger partial charge in [0.2, 0.25) is 5.91 Å². The Labute approximate surface area is 310 Å². The summed E-state index contributed by atoms with van der Waals surface area (Å²) in [6, 6.07) is 15.8. The number of carbonyl (C=O) groups is 3. The van der Waals surface area contributed by atoms with E-state index in [1.807, 2.05) is 23.1 Å². The third kappa shape index (κ3) is 7.54. The largest absolute Gasteiger partial charge is 0.497 e. The number of aliphatic carboxylic acids is 1. The van der Waals surface area contributed by atoms with E-state index in [9.17, 15) is 26.4 Å². The van der Waals surface area contributed by atoms with Crippen LogP contribution < -0.4 is 13.8 Å². The molecule has 2 atom stereocenters. The number of sulfonamides is 1. The maximum atomic E-state index is 15.4. The Balaban J connectivity index is 0.000000705. The molecule has 1 N–H and O–H groups in total. The number of carboxylic acids is 1. The van der Waals surface area contributed by atoms with Gasteiger partial charge in [-0.3, -0.25) is 19.4 Å². The van der Waals surface area contributed by atoms with E-state index in [1.165, 1.54) is 31.3 Å². The fourth-order valence-electron chi connectivity index (χ4n) is 7.19. The Kier molecular flexibility index (Phi) is 11.7. The van der Waals surface area contributed by atoms with Gasteiger partial charge in [-0.2, -0.15) is 13.2 Å². The highest BCUT2D eigenvalue weighted by Gasteiger charge is 2.63. The van der Waals surface area contributed by atoms with Gasteiger partial charge in [-0.15, -0.1) is 0 Å². The van der Waals surface area contributed by atoms with Crippen molar-refractivity contribution in [2.75, 3.05) is 52.3 Å². The second-order valence-corrected chi connectivity index (χ2v) is 15.3. The number of hydrogen-bond acceptors (Lipinski definition) is 9. The van der Waals surface area contributed by atoms with Crippen LogP contribution in [0.3, 0.4) is 0 Å². The molecular formula is C36H40ClF3N4O8S. The number of rotatable bonds is 9. The molecule has 0 radical (unpaired) electrons. The quantitative estimate of drug-likeness (QED) is 0.312. The highest BCUT2D eigenvalue weighted by molar-refractivity contribution is 7.93. The number of carbonyl (C=O) groups excluding carboxylic acids is 2. The first-order valence-corrected chi connectivity index (χ1v) is 18.5. The van der Waals surface area contributed by atoms with Gasteiger partial charge in [-0.1, -0.05) is 17.7 Å². The summed E-state index contributed by atoms with van der Waals surface area (Å²) in [6.07, 6.45) is -1.70. The maximum absolute atomic E-state index is 15.4. The molecule has 286 valence electrons. The molecule has 2 saturated heterocycles. The lowest BCUT2D eigenvalue weighted by atomic mass is 9.80. The summed E-state index contributed by atoms with van der Waals surface area (Å²) in [6.45, 7) is 2.99. The standard InChI is InChI=1S/C34H39ClN4O6S.C2HF3O2/c1-36(2)32(40)30-8-7-19-38(30)34(28-20-23(9-16-31(28)45-4)22-37-17-5-6-18-37)27-21-24(35)10-15-29(27)39(33(34)41)46(42,43)26-13-11-25(44-3)12-14-26;3-2(4,5)1(6)7/h9-16,20-21,30H,5-8,17-19,22H2,1-4H3;(H,6,7)/t30?,34-;/m0./s1. The average Bonchev–Trinajstić information content (AvgIpc) is 3.87. The smallest absolute Gasteiger partial charge is 0.490 e. The zero-order valence-corrected chi connectivity index (χ0v) is 31.1. The number of amides is 2. The summed E-state index contributed by atoms with van der Waals surface area (Å²) in [5, 5.41) is 7.46. The van der Waals surface area contributed by atoms with Gasteiger partial charge in [-0.25, -0.2) is 17.5 Å². The third-order valence-electron chi connectivity index (χ3n) is 9.57. The fourth-order valence-corrected chi connectivity index (χ4v) is 8.82. The minimum Gasteiger partial charge on any atom is -0.497 e. The van der Waals surface area contributed by atoms with Crippen molar-refractivity contribution in [1.29, 1.82) is 0 Å².